The Morgan fingerprint density at radius 1 is 1.40 bits per heavy atom. The average molecular weight is 318 g/mol. The third kappa shape index (κ3) is 3.36. The summed E-state index contributed by atoms with van der Waals surface area (Å²) in [4.78, 5) is 3.84. The zero-order valence-corrected chi connectivity index (χ0v) is 12.2. The van der Waals surface area contributed by atoms with E-state index in [2.05, 4.69) is 9.71 Å². The molecule has 2 aromatic rings. The first kappa shape index (κ1) is 15.0. The number of aryl methyl sites for hydroxylation is 1. The van der Waals surface area contributed by atoms with Gasteiger partial charge in [-0.25, -0.2) is 22.5 Å². The van der Waals surface area contributed by atoms with Crippen LogP contribution in [-0.4, -0.2) is 18.0 Å². The molecule has 0 radical (unpaired) electrons. The lowest BCUT2D eigenvalue weighted by Gasteiger charge is -2.08. The smallest absolute Gasteiger partial charge is 0.241 e. The van der Waals surface area contributed by atoms with E-state index in [0.29, 0.717) is 12.4 Å². The first-order valence-electron chi connectivity index (χ1n) is 5.88. The quantitative estimate of drug-likeness (QED) is 0.919. The van der Waals surface area contributed by atoms with E-state index in [4.69, 9.17) is 11.6 Å². The standard InChI is InChI=1S/C12H13ClFN3O2S/c1-2-17-4-3-15-12(17)8-16-20(18,19)11-6-9(13)5-10(14)7-11/h3-7,16H,2,8H2,1H3. The van der Waals surface area contributed by atoms with Crippen LogP contribution in [0, 0.1) is 5.82 Å². The van der Waals surface area contributed by atoms with Gasteiger partial charge in [0.1, 0.15) is 11.6 Å². The minimum Gasteiger partial charge on any atom is -0.334 e. The summed E-state index contributed by atoms with van der Waals surface area (Å²) in [6.45, 7) is 2.63. The van der Waals surface area contributed by atoms with Gasteiger partial charge < -0.3 is 4.57 Å². The van der Waals surface area contributed by atoms with E-state index in [1.165, 1.54) is 6.07 Å². The fourth-order valence-corrected chi connectivity index (χ4v) is 3.04. The number of aromatic nitrogens is 2. The molecule has 0 saturated carbocycles. The molecule has 20 heavy (non-hydrogen) atoms. The SMILES string of the molecule is CCn1ccnc1CNS(=O)(=O)c1cc(F)cc(Cl)c1. The van der Waals surface area contributed by atoms with Crippen LogP contribution in [0.5, 0.6) is 0 Å². The lowest BCUT2D eigenvalue weighted by molar-refractivity contribution is 0.572. The normalized spacial score (nSPS) is 11.8. The van der Waals surface area contributed by atoms with Crippen LogP contribution >= 0.6 is 11.6 Å². The van der Waals surface area contributed by atoms with Gasteiger partial charge in [0.15, 0.2) is 0 Å². The summed E-state index contributed by atoms with van der Waals surface area (Å²) in [5.41, 5.74) is 0. The number of halogens is 2. The molecule has 0 unspecified atom stereocenters. The number of nitrogens with one attached hydrogen (secondary N) is 1. The van der Waals surface area contributed by atoms with Crippen LogP contribution in [0.4, 0.5) is 4.39 Å². The van der Waals surface area contributed by atoms with E-state index in [1.54, 1.807) is 17.0 Å². The van der Waals surface area contributed by atoms with Crippen molar-refractivity contribution >= 4 is 21.6 Å². The van der Waals surface area contributed by atoms with E-state index < -0.39 is 15.8 Å². The lowest BCUT2D eigenvalue weighted by atomic mass is 10.3. The lowest BCUT2D eigenvalue weighted by Crippen LogP contribution is -2.25. The summed E-state index contributed by atoms with van der Waals surface area (Å²) in [5, 5.41) is 0.0282. The van der Waals surface area contributed by atoms with E-state index in [-0.39, 0.29) is 16.5 Å². The van der Waals surface area contributed by atoms with Gasteiger partial charge in [-0.05, 0) is 25.1 Å². The predicted octanol–water partition coefficient (Wildman–Crippen LogP) is 2.17. The molecule has 0 saturated heterocycles. The molecule has 0 aliphatic rings. The molecule has 0 aliphatic carbocycles. The van der Waals surface area contributed by atoms with Gasteiger partial charge in [0, 0.05) is 24.0 Å². The van der Waals surface area contributed by atoms with Gasteiger partial charge in [0.25, 0.3) is 0 Å². The van der Waals surface area contributed by atoms with Crippen molar-refractivity contribution in [3.05, 3.63) is 47.3 Å². The largest absolute Gasteiger partial charge is 0.334 e. The van der Waals surface area contributed by atoms with Crippen LogP contribution in [0.1, 0.15) is 12.7 Å². The van der Waals surface area contributed by atoms with Crippen molar-refractivity contribution in [3.63, 3.8) is 0 Å². The second-order valence-electron chi connectivity index (χ2n) is 4.06. The average Bonchev–Trinajstić information content (AvgIpc) is 2.82. The maximum absolute atomic E-state index is 13.2. The van der Waals surface area contributed by atoms with Crippen molar-refractivity contribution in [1.29, 1.82) is 0 Å². The Hall–Kier alpha value is -1.44. The van der Waals surface area contributed by atoms with Crippen LogP contribution in [0.2, 0.25) is 5.02 Å². The Balaban J connectivity index is 2.19. The highest BCUT2D eigenvalue weighted by molar-refractivity contribution is 7.89. The number of benzene rings is 1. The molecule has 0 bridgehead atoms. The molecule has 0 aliphatic heterocycles. The first-order valence-corrected chi connectivity index (χ1v) is 7.74. The molecule has 0 amide bonds. The van der Waals surface area contributed by atoms with Crippen LogP contribution in [0.25, 0.3) is 0 Å². The number of sulfonamides is 1. The molecule has 1 aromatic heterocycles. The summed E-state index contributed by atoms with van der Waals surface area (Å²) in [6, 6.07) is 3.16. The maximum atomic E-state index is 13.2. The molecule has 5 nitrogen and oxygen atoms in total. The molecule has 0 atom stereocenters. The number of imidazole rings is 1. The van der Waals surface area contributed by atoms with E-state index >= 15 is 0 Å². The summed E-state index contributed by atoms with van der Waals surface area (Å²) in [6.07, 6.45) is 3.34. The molecule has 108 valence electrons. The maximum Gasteiger partial charge on any atom is 0.241 e. The third-order valence-corrected chi connectivity index (χ3v) is 4.31. The Labute approximate surface area is 121 Å². The van der Waals surface area contributed by atoms with E-state index in [0.717, 1.165) is 12.1 Å². The summed E-state index contributed by atoms with van der Waals surface area (Å²) in [5.74, 6) is -0.119. The molecule has 0 spiro atoms. The van der Waals surface area contributed by atoms with Gasteiger partial charge in [-0.15, -0.1) is 0 Å². The minimum absolute atomic E-state index is 0.0251. The molecular formula is C12H13ClFN3O2S. The van der Waals surface area contributed by atoms with Crippen molar-refractivity contribution in [1.82, 2.24) is 14.3 Å². The van der Waals surface area contributed by atoms with Gasteiger partial charge in [0.05, 0.1) is 11.4 Å². The zero-order valence-electron chi connectivity index (χ0n) is 10.7. The zero-order chi connectivity index (χ0) is 14.8. The molecule has 1 heterocycles. The van der Waals surface area contributed by atoms with Gasteiger partial charge in [-0.2, -0.15) is 0 Å². The van der Waals surface area contributed by atoms with Gasteiger partial charge in [-0.3, -0.25) is 0 Å². The van der Waals surface area contributed by atoms with Crippen molar-refractivity contribution in [2.45, 2.75) is 24.9 Å². The molecular weight excluding hydrogens is 305 g/mol. The fraction of sp³-hybridized carbons (Fsp3) is 0.250. The molecule has 2 rings (SSSR count). The Morgan fingerprint density at radius 2 is 2.15 bits per heavy atom. The van der Waals surface area contributed by atoms with Crippen molar-refractivity contribution in [2.24, 2.45) is 0 Å². The van der Waals surface area contributed by atoms with Crippen LogP contribution in [0.3, 0.4) is 0 Å². The van der Waals surface area contributed by atoms with Crippen LogP contribution in [-0.2, 0) is 23.1 Å². The second kappa shape index (κ2) is 5.90. The minimum atomic E-state index is -3.83. The second-order valence-corrected chi connectivity index (χ2v) is 6.26. The highest BCUT2D eigenvalue weighted by Crippen LogP contribution is 2.18. The van der Waals surface area contributed by atoms with Crippen molar-refractivity contribution < 1.29 is 12.8 Å². The highest BCUT2D eigenvalue weighted by atomic mass is 35.5. The van der Waals surface area contributed by atoms with Gasteiger partial charge in [0.2, 0.25) is 10.0 Å². The number of rotatable bonds is 5. The van der Waals surface area contributed by atoms with Gasteiger partial charge in [-0.1, -0.05) is 11.6 Å². The molecule has 1 N–H and O–H groups in total. The number of nitrogens with zero attached hydrogens (tertiary/aromatic N) is 2. The van der Waals surface area contributed by atoms with Crippen LogP contribution < -0.4 is 4.72 Å². The topological polar surface area (TPSA) is 64.0 Å². The summed E-state index contributed by atoms with van der Waals surface area (Å²) >= 11 is 5.65. The van der Waals surface area contributed by atoms with E-state index in [1.807, 2.05) is 6.92 Å². The molecule has 8 heteroatoms. The first-order chi connectivity index (χ1) is 9.42. The van der Waals surface area contributed by atoms with Crippen LogP contribution in [0.15, 0.2) is 35.5 Å². The van der Waals surface area contributed by atoms with Crippen molar-refractivity contribution in [2.75, 3.05) is 0 Å². The predicted molar refractivity (Wildman–Crippen MR) is 73.3 cm³/mol. The summed E-state index contributed by atoms with van der Waals surface area (Å²) in [7, 11) is -3.83. The number of hydrogen-bond acceptors (Lipinski definition) is 3. The summed E-state index contributed by atoms with van der Waals surface area (Å²) < 4.78 is 41.5. The fourth-order valence-electron chi connectivity index (χ4n) is 1.72. The Morgan fingerprint density at radius 3 is 2.80 bits per heavy atom. The Kier molecular flexibility index (Phi) is 4.42. The monoisotopic (exact) mass is 317 g/mol. The third-order valence-electron chi connectivity index (χ3n) is 2.71. The van der Waals surface area contributed by atoms with E-state index in [9.17, 15) is 12.8 Å². The van der Waals surface area contributed by atoms with Gasteiger partial charge >= 0.3 is 0 Å². The Bertz CT molecular complexity index is 695. The molecule has 1 aromatic carbocycles. The van der Waals surface area contributed by atoms with Crippen molar-refractivity contribution in [3.8, 4) is 0 Å². The number of hydrogen-bond donors (Lipinski definition) is 1. The highest BCUT2D eigenvalue weighted by Gasteiger charge is 2.16. The molecule has 0 fully saturated rings.